The van der Waals surface area contributed by atoms with Crippen molar-refractivity contribution in [3.8, 4) is 0 Å². The maximum absolute atomic E-state index is 8.45. The Morgan fingerprint density at radius 1 is 1.62 bits per heavy atom. The van der Waals surface area contributed by atoms with E-state index in [-0.39, 0.29) is 5.76 Å². The number of hydrogen-bond acceptors (Lipinski definition) is 1. The van der Waals surface area contributed by atoms with Crippen molar-refractivity contribution in [1.29, 1.82) is 0 Å². The SMILES string of the molecule is C=C/C(Cl)=C\C(=C)O. The van der Waals surface area contributed by atoms with Gasteiger partial charge in [-0.05, 0) is 6.08 Å². The van der Waals surface area contributed by atoms with Crippen LogP contribution in [-0.4, -0.2) is 5.11 Å². The van der Waals surface area contributed by atoms with Gasteiger partial charge >= 0.3 is 0 Å². The van der Waals surface area contributed by atoms with E-state index >= 15 is 0 Å². The van der Waals surface area contributed by atoms with Crippen molar-refractivity contribution in [2.45, 2.75) is 0 Å². The van der Waals surface area contributed by atoms with Crippen LogP contribution in [0.1, 0.15) is 0 Å². The van der Waals surface area contributed by atoms with Gasteiger partial charge in [-0.1, -0.05) is 30.8 Å². The molecule has 0 amide bonds. The average Bonchev–Trinajstić information content (AvgIpc) is 1.65. The molecule has 1 N–H and O–H groups in total. The van der Waals surface area contributed by atoms with Crippen LogP contribution in [0.3, 0.4) is 0 Å². The van der Waals surface area contributed by atoms with E-state index in [1.807, 2.05) is 0 Å². The molecule has 0 saturated carbocycles. The number of rotatable bonds is 2. The van der Waals surface area contributed by atoms with Gasteiger partial charge < -0.3 is 5.11 Å². The second kappa shape index (κ2) is 3.33. The summed E-state index contributed by atoms with van der Waals surface area (Å²) < 4.78 is 0. The molecule has 0 aromatic rings. The summed E-state index contributed by atoms with van der Waals surface area (Å²) in [4.78, 5) is 0. The number of allylic oxidation sites excluding steroid dienone is 3. The smallest absolute Gasteiger partial charge is 0.109 e. The van der Waals surface area contributed by atoms with Crippen molar-refractivity contribution in [2.24, 2.45) is 0 Å². The lowest BCUT2D eigenvalue weighted by Crippen LogP contribution is -1.68. The number of aliphatic hydroxyl groups is 1. The molecule has 2 heteroatoms. The van der Waals surface area contributed by atoms with Crippen LogP contribution in [0.5, 0.6) is 0 Å². The predicted octanol–water partition coefficient (Wildman–Crippen LogP) is 2.37. The zero-order valence-electron chi connectivity index (χ0n) is 4.39. The van der Waals surface area contributed by atoms with Gasteiger partial charge in [0, 0.05) is 5.03 Å². The fourth-order valence-corrected chi connectivity index (χ4v) is 0.344. The first-order chi connectivity index (χ1) is 3.66. The van der Waals surface area contributed by atoms with Crippen molar-refractivity contribution in [3.05, 3.63) is 36.1 Å². The van der Waals surface area contributed by atoms with Crippen molar-refractivity contribution in [1.82, 2.24) is 0 Å². The fraction of sp³-hybridized carbons (Fsp3) is 0. The van der Waals surface area contributed by atoms with Crippen molar-refractivity contribution < 1.29 is 5.11 Å². The summed E-state index contributed by atoms with van der Waals surface area (Å²) in [5.74, 6) is -0.0603. The maximum atomic E-state index is 8.45. The van der Waals surface area contributed by atoms with E-state index in [4.69, 9.17) is 16.7 Å². The summed E-state index contributed by atoms with van der Waals surface area (Å²) in [6.07, 6.45) is 2.73. The Morgan fingerprint density at radius 2 is 2.12 bits per heavy atom. The average molecular weight is 131 g/mol. The van der Waals surface area contributed by atoms with Gasteiger partial charge in [-0.25, -0.2) is 0 Å². The molecule has 0 aliphatic carbocycles. The van der Waals surface area contributed by atoms with Crippen LogP contribution in [-0.2, 0) is 0 Å². The first-order valence-corrected chi connectivity index (χ1v) is 2.42. The highest BCUT2D eigenvalue weighted by molar-refractivity contribution is 6.31. The molecule has 0 saturated heterocycles. The minimum absolute atomic E-state index is 0.0603. The lowest BCUT2D eigenvalue weighted by molar-refractivity contribution is 0.435. The minimum Gasteiger partial charge on any atom is -0.509 e. The van der Waals surface area contributed by atoms with Crippen molar-refractivity contribution in [2.75, 3.05) is 0 Å². The van der Waals surface area contributed by atoms with Crippen LogP contribution < -0.4 is 0 Å². The Labute approximate surface area is 53.6 Å². The lowest BCUT2D eigenvalue weighted by atomic mass is 10.4. The molecule has 0 aromatic heterocycles. The highest BCUT2D eigenvalue weighted by Crippen LogP contribution is 2.03. The fourth-order valence-electron chi connectivity index (χ4n) is 0.218. The number of halogens is 1. The molecular formula is C6H7ClO. The molecule has 8 heavy (non-hydrogen) atoms. The molecule has 0 rings (SSSR count). The molecular weight excluding hydrogens is 124 g/mol. The van der Waals surface area contributed by atoms with Gasteiger partial charge in [-0.15, -0.1) is 0 Å². The number of hydrogen-bond donors (Lipinski definition) is 1. The van der Waals surface area contributed by atoms with E-state index in [0.29, 0.717) is 5.03 Å². The largest absolute Gasteiger partial charge is 0.509 e. The van der Waals surface area contributed by atoms with Crippen LogP contribution in [0, 0.1) is 0 Å². The Hall–Kier alpha value is -0.690. The summed E-state index contributed by atoms with van der Waals surface area (Å²) in [5, 5.41) is 8.84. The van der Waals surface area contributed by atoms with Gasteiger partial charge in [0.05, 0.1) is 0 Å². The monoisotopic (exact) mass is 130 g/mol. The van der Waals surface area contributed by atoms with E-state index in [0.717, 1.165) is 0 Å². The molecule has 0 radical (unpaired) electrons. The number of aliphatic hydroxyl groups excluding tert-OH is 1. The van der Waals surface area contributed by atoms with Gasteiger partial charge in [0.1, 0.15) is 5.76 Å². The zero-order valence-corrected chi connectivity index (χ0v) is 5.15. The Bertz CT molecular complexity index is 135. The van der Waals surface area contributed by atoms with Gasteiger partial charge in [0.15, 0.2) is 0 Å². The van der Waals surface area contributed by atoms with E-state index < -0.39 is 0 Å². The maximum Gasteiger partial charge on any atom is 0.109 e. The summed E-state index contributed by atoms with van der Waals surface area (Å²) in [6.45, 7) is 6.55. The first kappa shape index (κ1) is 7.31. The van der Waals surface area contributed by atoms with Crippen molar-refractivity contribution in [3.63, 3.8) is 0 Å². The van der Waals surface area contributed by atoms with Crippen LogP contribution in [0.15, 0.2) is 36.1 Å². The normalized spacial score (nSPS) is 10.9. The summed E-state index contributed by atoms with van der Waals surface area (Å²) in [7, 11) is 0. The Balaban J connectivity index is 3.94. The summed E-state index contributed by atoms with van der Waals surface area (Å²) in [5.41, 5.74) is 0. The van der Waals surface area contributed by atoms with Crippen LogP contribution >= 0.6 is 11.6 Å². The summed E-state index contributed by atoms with van der Waals surface area (Å²) in [6, 6.07) is 0. The van der Waals surface area contributed by atoms with Gasteiger partial charge in [0.2, 0.25) is 0 Å². The van der Waals surface area contributed by atoms with Crippen LogP contribution in [0.25, 0.3) is 0 Å². The minimum atomic E-state index is -0.0603. The van der Waals surface area contributed by atoms with E-state index in [9.17, 15) is 0 Å². The quantitative estimate of drug-likeness (QED) is 0.450. The lowest BCUT2D eigenvalue weighted by Gasteiger charge is -1.84. The second-order valence-electron chi connectivity index (χ2n) is 1.22. The van der Waals surface area contributed by atoms with E-state index in [2.05, 4.69) is 13.2 Å². The molecule has 0 atom stereocenters. The van der Waals surface area contributed by atoms with Crippen LogP contribution in [0.4, 0.5) is 0 Å². The molecule has 0 aliphatic heterocycles. The molecule has 0 spiro atoms. The zero-order chi connectivity index (χ0) is 6.57. The Morgan fingerprint density at radius 3 is 2.25 bits per heavy atom. The third-order valence-electron chi connectivity index (χ3n) is 0.500. The van der Waals surface area contributed by atoms with Gasteiger partial charge in [0.25, 0.3) is 0 Å². The summed E-state index contributed by atoms with van der Waals surface area (Å²) >= 11 is 5.38. The second-order valence-corrected chi connectivity index (χ2v) is 1.66. The molecule has 0 aliphatic rings. The van der Waals surface area contributed by atoms with E-state index in [1.165, 1.54) is 12.2 Å². The molecule has 0 bridgehead atoms. The molecule has 1 nitrogen and oxygen atoms in total. The van der Waals surface area contributed by atoms with Crippen molar-refractivity contribution >= 4 is 11.6 Å². The standard InChI is InChI=1S/C6H7ClO/c1-3-6(7)4-5(2)8/h3-4,8H,1-2H2/b6-4+. The molecule has 0 aromatic carbocycles. The topological polar surface area (TPSA) is 20.2 Å². The van der Waals surface area contributed by atoms with Crippen LogP contribution in [0.2, 0.25) is 0 Å². The van der Waals surface area contributed by atoms with E-state index in [1.54, 1.807) is 0 Å². The highest BCUT2D eigenvalue weighted by Gasteiger charge is 1.81. The molecule has 0 unspecified atom stereocenters. The molecule has 44 valence electrons. The van der Waals surface area contributed by atoms with Gasteiger partial charge in [-0.3, -0.25) is 0 Å². The Kier molecular flexibility index (Phi) is 3.04. The molecule has 0 fully saturated rings. The highest BCUT2D eigenvalue weighted by atomic mass is 35.5. The molecule has 0 heterocycles. The predicted molar refractivity (Wildman–Crippen MR) is 35.9 cm³/mol. The first-order valence-electron chi connectivity index (χ1n) is 2.04. The third kappa shape index (κ3) is 3.50. The third-order valence-corrected chi connectivity index (χ3v) is 0.763. The van der Waals surface area contributed by atoms with Gasteiger partial charge in [-0.2, -0.15) is 0 Å².